The van der Waals surface area contributed by atoms with Crippen LogP contribution in [0.1, 0.15) is 31.2 Å². The number of nitrogens with zero attached hydrogens (tertiary/aromatic N) is 3. The fraction of sp³-hybridized carbons (Fsp3) is 0.208. The number of H-pyrrole nitrogens is 1. The van der Waals surface area contributed by atoms with Crippen molar-refractivity contribution in [1.29, 1.82) is 0 Å². The van der Waals surface area contributed by atoms with Crippen LogP contribution in [0.15, 0.2) is 71.0 Å². The van der Waals surface area contributed by atoms with Gasteiger partial charge in [0.1, 0.15) is 0 Å². The highest BCUT2D eigenvalue weighted by Crippen LogP contribution is 2.36. The lowest BCUT2D eigenvalue weighted by atomic mass is 10.1. The summed E-state index contributed by atoms with van der Waals surface area (Å²) >= 11 is 0. The molecule has 0 bridgehead atoms. The van der Waals surface area contributed by atoms with Gasteiger partial charge in [-0.1, -0.05) is 25.6 Å². The Labute approximate surface area is 180 Å². The summed E-state index contributed by atoms with van der Waals surface area (Å²) in [5.74, 6) is 0.697. The second kappa shape index (κ2) is 9.40. The third-order valence-electron chi connectivity index (χ3n) is 5.09. The summed E-state index contributed by atoms with van der Waals surface area (Å²) in [5, 5.41) is 13.3. The van der Waals surface area contributed by atoms with Gasteiger partial charge in [-0.15, -0.1) is 0 Å². The first-order valence-electron chi connectivity index (χ1n) is 10.4. The van der Waals surface area contributed by atoms with Crippen LogP contribution in [0, 0.1) is 0 Å². The lowest BCUT2D eigenvalue weighted by molar-refractivity contribution is 0.602. The van der Waals surface area contributed by atoms with Crippen molar-refractivity contribution in [3.8, 4) is 0 Å². The van der Waals surface area contributed by atoms with Crippen molar-refractivity contribution < 1.29 is 4.42 Å². The molecule has 0 aliphatic heterocycles. The first-order valence-corrected chi connectivity index (χ1v) is 10.4. The van der Waals surface area contributed by atoms with Gasteiger partial charge in [0.05, 0.1) is 23.1 Å². The van der Waals surface area contributed by atoms with Crippen molar-refractivity contribution >= 4 is 39.0 Å². The summed E-state index contributed by atoms with van der Waals surface area (Å²) in [7, 11) is 0. The smallest absolute Gasteiger partial charge is 0.173 e. The number of nitrogens with one attached hydrogen (secondary N) is 2. The molecule has 0 spiro atoms. The number of rotatable bonds is 9. The zero-order chi connectivity index (χ0) is 21.6. The number of aryl methyl sites for hydroxylation is 1. The molecule has 0 aliphatic rings. The molecule has 0 fully saturated rings. The molecule has 4 rings (SSSR count). The van der Waals surface area contributed by atoms with E-state index in [0.717, 1.165) is 51.9 Å². The second-order valence-corrected chi connectivity index (χ2v) is 7.10. The minimum atomic E-state index is 0.633. The van der Waals surface area contributed by atoms with Crippen LogP contribution in [-0.2, 0) is 6.42 Å². The lowest BCUT2D eigenvalue weighted by Gasteiger charge is -2.10. The van der Waals surface area contributed by atoms with E-state index in [-0.39, 0.29) is 0 Å². The molecule has 1 aromatic carbocycles. The van der Waals surface area contributed by atoms with Gasteiger partial charge in [-0.2, -0.15) is 5.10 Å². The van der Waals surface area contributed by atoms with Crippen LogP contribution < -0.4 is 11.1 Å². The monoisotopic (exact) mass is 414 g/mol. The summed E-state index contributed by atoms with van der Waals surface area (Å²) in [4.78, 5) is 8.80. The molecule has 31 heavy (non-hydrogen) atoms. The summed E-state index contributed by atoms with van der Waals surface area (Å²) in [5.41, 5.74) is 11.1. The standard InChI is InChI=1S/C24H26N6O/c1-3-5-13-27-17(4-2)24-23(16-11-14-26-15-21(16)31-24)28-18-8-6-9-19-22(18)20(30-29-19)10-7-12-25/h3,5-6,8-9,11,13-15,28H,1,4,7,10,12,25H2,2H3,(H,29,30)/b13-5-,27-17?. The Morgan fingerprint density at radius 2 is 2.26 bits per heavy atom. The predicted molar refractivity (Wildman–Crippen MR) is 127 cm³/mol. The molecular weight excluding hydrogens is 388 g/mol. The van der Waals surface area contributed by atoms with Crippen molar-refractivity contribution in [2.75, 3.05) is 11.9 Å². The summed E-state index contributed by atoms with van der Waals surface area (Å²) < 4.78 is 6.19. The first-order chi connectivity index (χ1) is 15.3. The third kappa shape index (κ3) is 4.13. The van der Waals surface area contributed by atoms with Crippen LogP contribution in [0.5, 0.6) is 0 Å². The van der Waals surface area contributed by atoms with Crippen LogP contribution >= 0.6 is 0 Å². The van der Waals surface area contributed by atoms with Gasteiger partial charge < -0.3 is 15.5 Å². The number of furan rings is 1. The van der Waals surface area contributed by atoms with Crippen LogP contribution in [0.2, 0.25) is 0 Å². The highest BCUT2D eigenvalue weighted by Gasteiger charge is 2.20. The van der Waals surface area contributed by atoms with Gasteiger partial charge in [-0.25, -0.2) is 0 Å². The number of allylic oxidation sites excluding steroid dienone is 2. The molecule has 0 unspecified atom stereocenters. The Kier molecular flexibility index (Phi) is 6.24. The number of benzene rings is 1. The van der Waals surface area contributed by atoms with Crippen molar-refractivity contribution in [2.24, 2.45) is 10.7 Å². The minimum absolute atomic E-state index is 0.633. The maximum atomic E-state index is 6.19. The molecule has 0 saturated carbocycles. The molecule has 0 aliphatic carbocycles. The van der Waals surface area contributed by atoms with E-state index in [2.05, 4.69) is 39.0 Å². The Bertz CT molecular complexity index is 1260. The summed E-state index contributed by atoms with van der Waals surface area (Å²) in [6, 6.07) is 7.99. The van der Waals surface area contributed by atoms with Crippen molar-refractivity contribution in [2.45, 2.75) is 26.2 Å². The maximum Gasteiger partial charge on any atom is 0.173 e. The van der Waals surface area contributed by atoms with Gasteiger partial charge in [0.25, 0.3) is 0 Å². The van der Waals surface area contributed by atoms with Crippen LogP contribution in [0.25, 0.3) is 21.9 Å². The van der Waals surface area contributed by atoms with Crippen molar-refractivity contribution in [1.82, 2.24) is 15.2 Å². The number of fused-ring (bicyclic) bond motifs is 2. The second-order valence-electron chi connectivity index (χ2n) is 7.10. The zero-order valence-corrected chi connectivity index (χ0v) is 17.6. The summed E-state index contributed by atoms with van der Waals surface area (Å²) in [6.07, 6.45) is 11.1. The number of nitrogens with two attached hydrogens (primary N) is 1. The quantitative estimate of drug-likeness (QED) is 0.257. The maximum absolute atomic E-state index is 6.19. The molecule has 4 aromatic rings. The largest absolute Gasteiger partial charge is 0.451 e. The molecule has 7 nitrogen and oxygen atoms in total. The molecule has 0 amide bonds. The highest BCUT2D eigenvalue weighted by atomic mass is 16.3. The Morgan fingerprint density at radius 3 is 3.06 bits per heavy atom. The van der Waals surface area contributed by atoms with Crippen LogP contribution in [0.3, 0.4) is 0 Å². The molecule has 0 radical (unpaired) electrons. The molecule has 4 N–H and O–H groups in total. The van der Waals surface area contributed by atoms with E-state index in [1.54, 1.807) is 30.7 Å². The Balaban J connectivity index is 1.85. The number of anilines is 2. The van der Waals surface area contributed by atoms with E-state index in [9.17, 15) is 0 Å². The van der Waals surface area contributed by atoms with Gasteiger partial charge in [0.2, 0.25) is 0 Å². The number of pyridine rings is 1. The lowest BCUT2D eigenvalue weighted by Crippen LogP contribution is -2.03. The van der Waals surface area contributed by atoms with E-state index >= 15 is 0 Å². The molecule has 3 heterocycles. The van der Waals surface area contributed by atoms with E-state index in [1.807, 2.05) is 24.3 Å². The predicted octanol–water partition coefficient (Wildman–Crippen LogP) is 5.24. The number of aromatic amines is 1. The Hall–Kier alpha value is -3.71. The van der Waals surface area contributed by atoms with Crippen LogP contribution in [0.4, 0.5) is 11.4 Å². The molecular formula is C24H26N6O. The van der Waals surface area contributed by atoms with E-state index < -0.39 is 0 Å². The van der Waals surface area contributed by atoms with Gasteiger partial charge in [0.15, 0.2) is 11.3 Å². The highest BCUT2D eigenvalue weighted by molar-refractivity contribution is 6.11. The van der Waals surface area contributed by atoms with E-state index in [0.29, 0.717) is 24.3 Å². The van der Waals surface area contributed by atoms with Crippen molar-refractivity contribution in [3.05, 3.63) is 73.0 Å². The molecule has 7 heteroatoms. The third-order valence-corrected chi connectivity index (χ3v) is 5.09. The fourth-order valence-electron chi connectivity index (χ4n) is 3.62. The summed E-state index contributed by atoms with van der Waals surface area (Å²) in [6.45, 7) is 6.39. The number of hydrogen-bond acceptors (Lipinski definition) is 6. The zero-order valence-electron chi connectivity index (χ0n) is 17.6. The topological polar surface area (TPSA) is 105 Å². The molecule has 0 atom stereocenters. The number of aromatic nitrogens is 3. The van der Waals surface area contributed by atoms with Gasteiger partial charge in [-0.05, 0) is 50.1 Å². The Morgan fingerprint density at radius 1 is 1.35 bits per heavy atom. The fourth-order valence-corrected chi connectivity index (χ4v) is 3.62. The average molecular weight is 415 g/mol. The molecule has 158 valence electrons. The number of hydrogen-bond donors (Lipinski definition) is 3. The van der Waals surface area contributed by atoms with Crippen LogP contribution in [-0.4, -0.2) is 27.4 Å². The molecule has 3 aromatic heterocycles. The van der Waals surface area contributed by atoms with Gasteiger partial charge in [0, 0.05) is 34.6 Å². The SMILES string of the molecule is C=C/C=C\N=C(CC)c1oc2cnccc2c1Nc1cccc2n[nH]c(CCCN)c12. The average Bonchev–Trinajstić information content (AvgIpc) is 3.38. The first kappa shape index (κ1) is 20.6. The van der Waals surface area contributed by atoms with Crippen molar-refractivity contribution in [3.63, 3.8) is 0 Å². The minimum Gasteiger partial charge on any atom is -0.451 e. The number of aliphatic imine (C=N–C) groups is 1. The van der Waals surface area contributed by atoms with E-state index in [1.165, 1.54) is 0 Å². The normalized spacial score (nSPS) is 12.3. The van der Waals surface area contributed by atoms with Gasteiger partial charge >= 0.3 is 0 Å². The molecule has 0 saturated heterocycles. The van der Waals surface area contributed by atoms with Gasteiger partial charge in [-0.3, -0.25) is 15.1 Å². The van der Waals surface area contributed by atoms with E-state index in [4.69, 9.17) is 10.2 Å².